The molecule has 1 aromatic rings. The highest BCUT2D eigenvalue weighted by molar-refractivity contribution is 7.92. The molecular weight excluding hydrogens is 244 g/mol. The van der Waals surface area contributed by atoms with E-state index in [9.17, 15) is 8.42 Å². The molecular formula is C15H20O2S. The van der Waals surface area contributed by atoms with Crippen LogP contribution in [0.25, 0.3) is 0 Å². The zero-order valence-electron chi connectivity index (χ0n) is 11.0. The Morgan fingerprint density at radius 3 is 2.39 bits per heavy atom. The molecule has 0 radical (unpaired) electrons. The predicted octanol–water partition coefficient (Wildman–Crippen LogP) is 3.60. The standard InChI is InChI=1S/C15H20O2S/c1-12-8-7-11-15(2,3)14(12)18(16,17)13-9-5-4-6-10-13/h4-6,9-10,14H,1,7-8,11H2,2-3H3/t14-/m1/s1. The molecule has 1 atom stereocenters. The average molecular weight is 264 g/mol. The topological polar surface area (TPSA) is 34.1 Å². The molecule has 1 saturated carbocycles. The summed E-state index contributed by atoms with van der Waals surface area (Å²) in [5.41, 5.74) is 0.624. The highest BCUT2D eigenvalue weighted by atomic mass is 32.2. The second kappa shape index (κ2) is 4.54. The Morgan fingerprint density at radius 1 is 1.22 bits per heavy atom. The van der Waals surface area contributed by atoms with Crippen LogP contribution in [0.2, 0.25) is 0 Å². The monoisotopic (exact) mass is 264 g/mol. The van der Waals surface area contributed by atoms with Gasteiger partial charge < -0.3 is 0 Å². The summed E-state index contributed by atoms with van der Waals surface area (Å²) in [4.78, 5) is 0.408. The molecule has 0 bridgehead atoms. The second-order valence-electron chi connectivity index (χ2n) is 5.74. The van der Waals surface area contributed by atoms with E-state index in [0.29, 0.717) is 4.90 Å². The molecule has 0 amide bonds. The van der Waals surface area contributed by atoms with Gasteiger partial charge in [0.25, 0.3) is 0 Å². The third-order valence-corrected chi connectivity index (χ3v) is 6.30. The third kappa shape index (κ3) is 2.24. The van der Waals surface area contributed by atoms with Crippen LogP contribution in [0.3, 0.4) is 0 Å². The van der Waals surface area contributed by atoms with Gasteiger partial charge in [0, 0.05) is 0 Å². The quantitative estimate of drug-likeness (QED) is 0.765. The Kier molecular flexibility index (Phi) is 3.37. The van der Waals surface area contributed by atoms with E-state index in [1.807, 2.05) is 19.9 Å². The number of rotatable bonds is 2. The summed E-state index contributed by atoms with van der Waals surface area (Å²) >= 11 is 0. The van der Waals surface area contributed by atoms with Crippen molar-refractivity contribution in [2.24, 2.45) is 5.41 Å². The number of sulfone groups is 1. The van der Waals surface area contributed by atoms with Crippen molar-refractivity contribution in [1.29, 1.82) is 0 Å². The maximum atomic E-state index is 12.8. The van der Waals surface area contributed by atoms with E-state index < -0.39 is 15.1 Å². The van der Waals surface area contributed by atoms with Gasteiger partial charge in [0.05, 0.1) is 10.1 Å². The van der Waals surface area contributed by atoms with Crippen LogP contribution in [0.1, 0.15) is 33.1 Å². The Morgan fingerprint density at radius 2 is 1.83 bits per heavy atom. The molecule has 0 aliphatic heterocycles. The van der Waals surface area contributed by atoms with Crippen LogP contribution in [0.4, 0.5) is 0 Å². The van der Waals surface area contributed by atoms with Crippen LogP contribution in [-0.2, 0) is 9.84 Å². The van der Waals surface area contributed by atoms with Gasteiger partial charge in [-0.2, -0.15) is 0 Å². The van der Waals surface area contributed by atoms with Gasteiger partial charge in [-0.25, -0.2) is 8.42 Å². The lowest BCUT2D eigenvalue weighted by molar-refractivity contribution is 0.291. The fourth-order valence-electron chi connectivity index (χ4n) is 2.97. The molecule has 0 heterocycles. The van der Waals surface area contributed by atoms with Crippen LogP contribution in [0.15, 0.2) is 47.4 Å². The molecule has 1 fully saturated rings. The molecule has 0 aromatic heterocycles. The molecule has 18 heavy (non-hydrogen) atoms. The van der Waals surface area contributed by atoms with Crippen molar-refractivity contribution in [3.8, 4) is 0 Å². The molecule has 3 heteroatoms. The van der Waals surface area contributed by atoms with Crippen molar-refractivity contribution in [3.63, 3.8) is 0 Å². The minimum absolute atomic E-state index is 0.232. The summed E-state index contributed by atoms with van der Waals surface area (Å²) in [7, 11) is -3.32. The van der Waals surface area contributed by atoms with Gasteiger partial charge >= 0.3 is 0 Å². The normalized spacial score (nSPS) is 23.9. The molecule has 0 spiro atoms. The van der Waals surface area contributed by atoms with Crippen molar-refractivity contribution in [2.45, 2.75) is 43.3 Å². The highest BCUT2D eigenvalue weighted by Crippen LogP contribution is 2.43. The molecule has 0 saturated heterocycles. The van der Waals surface area contributed by atoms with Crippen molar-refractivity contribution >= 4 is 9.84 Å². The van der Waals surface area contributed by atoms with Gasteiger partial charge in [-0.05, 0) is 36.8 Å². The molecule has 0 unspecified atom stereocenters. The highest BCUT2D eigenvalue weighted by Gasteiger charge is 2.43. The summed E-state index contributed by atoms with van der Waals surface area (Å²) in [6.07, 6.45) is 2.79. The predicted molar refractivity (Wildman–Crippen MR) is 74.2 cm³/mol. The van der Waals surface area contributed by atoms with E-state index in [1.165, 1.54) is 0 Å². The average Bonchev–Trinajstić information content (AvgIpc) is 2.28. The summed E-state index contributed by atoms with van der Waals surface area (Å²) in [5.74, 6) is 0. The minimum atomic E-state index is -3.32. The lowest BCUT2D eigenvalue weighted by atomic mass is 9.75. The maximum absolute atomic E-state index is 12.8. The van der Waals surface area contributed by atoms with E-state index in [4.69, 9.17) is 0 Å². The van der Waals surface area contributed by atoms with E-state index in [0.717, 1.165) is 24.8 Å². The SMILES string of the molecule is C=C1CCCC(C)(C)[C@@H]1S(=O)(=O)c1ccccc1. The first-order valence-electron chi connectivity index (χ1n) is 6.32. The largest absolute Gasteiger partial charge is 0.223 e. The van der Waals surface area contributed by atoms with Crippen LogP contribution in [-0.4, -0.2) is 13.7 Å². The lowest BCUT2D eigenvalue weighted by Crippen LogP contribution is -2.40. The van der Waals surface area contributed by atoms with Crippen molar-refractivity contribution in [1.82, 2.24) is 0 Å². The maximum Gasteiger partial charge on any atom is 0.185 e. The van der Waals surface area contributed by atoms with E-state index >= 15 is 0 Å². The van der Waals surface area contributed by atoms with Crippen molar-refractivity contribution in [2.75, 3.05) is 0 Å². The van der Waals surface area contributed by atoms with Gasteiger partial charge in [-0.3, -0.25) is 0 Å². The van der Waals surface area contributed by atoms with Crippen LogP contribution in [0, 0.1) is 5.41 Å². The summed E-state index contributed by atoms with van der Waals surface area (Å²) < 4.78 is 25.5. The van der Waals surface area contributed by atoms with Crippen LogP contribution < -0.4 is 0 Å². The van der Waals surface area contributed by atoms with Crippen LogP contribution in [0.5, 0.6) is 0 Å². The van der Waals surface area contributed by atoms with Crippen molar-refractivity contribution in [3.05, 3.63) is 42.5 Å². The third-order valence-electron chi connectivity index (χ3n) is 3.78. The molecule has 2 nitrogen and oxygen atoms in total. The van der Waals surface area contributed by atoms with E-state index in [1.54, 1.807) is 24.3 Å². The fraction of sp³-hybridized carbons (Fsp3) is 0.467. The van der Waals surface area contributed by atoms with Gasteiger partial charge in [-0.15, -0.1) is 0 Å². The number of hydrogen-bond acceptors (Lipinski definition) is 2. The Bertz CT molecular complexity index is 541. The molecule has 1 aliphatic rings. The number of benzene rings is 1. The van der Waals surface area contributed by atoms with Gasteiger partial charge in [0.1, 0.15) is 0 Å². The van der Waals surface area contributed by atoms with Crippen LogP contribution >= 0.6 is 0 Å². The first-order chi connectivity index (χ1) is 8.36. The smallest absolute Gasteiger partial charge is 0.185 e. The van der Waals surface area contributed by atoms with E-state index in [2.05, 4.69) is 6.58 Å². The first kappa shape index (κ1) is 13.3. The van der Waals surface area contributed by atoms with Crippen molar-refractivity contribution < 1.29 is 8.42 Å². The fourth-order valence-corrected chi connectivity index (χ4v) is 5.29. The van der Waals surface area contributed by atoms with Gasteiger partial charge in [0.2, 0.25) is 0 Å². The summed E-state index contributed by atoms with van der Waals surface area (Å²) in [6.45, 7) is 8.06. The summed E-state index contributed by atoms with van der Waals surface area (Å²) in [5, 5.41) is -0.457. The molecule has 0 N–H and O–H groups in total. The Labute approximate surface area is 110 Å². The zero-order chi connectivity index (χ0) is 13.4. The van der Waals surface area contributed by atoms with E-state index in [-0.39, 0.29) is 5.41 Å². The Balaban J connectivity index is 2.49. The molecule has 1 aliphatic carbocycles. The molecule has 2 rings (SSSR count). The first-order valence-corrected chi connectivity index (χ1v) is 7.87. The van der Waals surface area contributed by atoms with Gasteiger partial charge in [0.15, 0.2) is 9.84 Å². The molecule has 98 valence electrons. The Hall–Kier alpha value is -1.09. The second-order valence-corrected chi connectivity index (χ2v) is 7.77. The minimum Gasteiger partial charge on any atom is -0.223 e. The zero-order valence-corrected chi connectivity index (χ0v) is 11.8. The number of hydrogen-bond donors (Lipinski definition) is 0. The lowest BCUT2D eigenvalue weighted by Gasteiger charge is -2.39. The van der Waals surface area contributed by atoms with Gasteiger partial charge in [-0.1, -0.05) is 44.2 Å². The molecule has 1 aromatic carbocycles. The summed E-state index contributed by atoms with van der Waals surface area (Å²) in [6, 6.07) is 8.72.